The molecule has 0 aromatic rings. The molecule has 2 heteroatoms. The van der Waals surface area contributed by atoms with Gasteiger partial charge in [-0.25, -0.2) is 0 Å². The van der Waals surface area contributed by atoms with E-state index in [0.717, 1.165) is 17.8 Å². The summed E-state index contributed by atoms with van der Waals surface area (Å²) in [6.07, 6.45) is 4.25. The average Bonchev–Trinajstić information content (AvgIpc) is 2.39. The molecule has 0 amide bonds. The molecule has 0 bridgehead atoms. The second-order valence-electron chi connectivity index (χ2n) is 3.09. The first-order chi connectivity index (χ1) is 5.38. The third-order valence-electron chi connectivity index (χ3n) is 2.30. The van der Waals surface area contributed by atoms with Crippen molar-refractivity contribution in [1.82, 2.24) is 5.32 Å². The molecule has 1 rings (SSSR count). The van der Waals surface area contributed by atoms with Crippen LogP contribution < -0.4 is 5.32 Å². The molecule has 1 fully saturated rings. The van der Waals surface area contributed by atoms with Gasteiger partial charge in [-0.3, -0.25) is 0 Å². The zero-order valence-corrected chi connectivity index (χ0v) is 8.41. The Kier molecular flexibility index (Phi) is 4.31. The SMILES string of the molecule is CCNC1CCCC1SCC. The Hall–Kier alpha value is 0.310. The maximum Gasteiger partial charge on any atom is 0.0201 e. The highest BCUT2D eigenvalue weighted by Gasteiger charge is 2.25. The zero-order chi connectivity index (χ0) is 8.10. The molecule has 0 aliphatic heterocycles. The number of nitrogens with one attached hydrogen (secondary N) is 1. The Labute approximate surface area is 74.3 Å². The van der Waals surface area contributed by atoms with E-state index < -0.39 is 0 Å². The third kappa shape index (κ3) is 2.68. The van der Waals surface area contributed by atoms with Gasteiger partial charge >= 0.3 is 0 Å². The van der Waals surface area contributed by atoms with E-state index in [1.54, 1.807) is 0 Å². The van der Waals surface area contributed by atoms with Crippen LogP contribution >= 0.6 is 11.8 Å². The van der Waals surface area contributed by atoms with Crippen LogP contribution in [-0.2, 0) is 0 Å². The molecule has 2 atom stereocenters. The van der Waals surface area contributed by atoms with Crippen molar-refractivity contribution in [3.8, 4) is 0 Å². The van der Waals surface area contributed by atoms with Gasteiger partial charge in [0.25, 0.3) is 0 Å². The quantitative estimate of drug-likeness (QED) is 0.700. The van der Waals surface area contributed by atoms with Crippen molar-refractivity contribution in [2.45, 2.75) is 44.4 Å². The number of hydrogen-bond acceptors (Lipinski definition) is 2. The molecular formula is C9H19NS. The molecule has 0 spiro atoms. The second-order valence-corrected chi connectivity index (χ2v) is 4.61. The Morgan fingerprint density at radius 3 is 2.82 bits per heavy atom. The lowest BCUT2D eigenvalue weighted by Gasteiger charge is -2.18. The van der Waals surface area contributed by atoms with Crippen LogP contribution in [0.1, 0.15) is 33.1 Å². The van der Waals surface area contributed by atoms with Gasteiger partial charge < -0.3 is 5.32 Å². The molecule has 1 nitrogen and oxygen atoms in total. The molecule has 1 aliphatic rings. The lowest BCUT2D eigenvalue weighted by atomic mass is 10.2. The molecule has 1 N–H and O–H groups in total. The summed E-state index contributed by atoms with van der Waals surface area (Å²) in [5.74, 6) is 1.27. The fourth-order valence-electron chi connectivity index (χ4n) is 1.84. The highest BCUT2D eigenvalue weighted by Crippen LogP contribution is 2.29. The molecular weight excluding hydrogens is 154 g/mol. The maximum absolute atomic E-state index is 3.56. The summed E-state index contributed by atoms with van der Waals surface area (Å²) in [5.41, 5.74) is 0. The summed E-state index contributed by atoms with van der Waals surface area (Å²) in [7, 11) is 0. The van der Waals surface area contributed by atoms with Crippen molar-refractivity contribution in [2.24, 2.45) is 0 Å². The van der Waals surface area contributed by atoms with Gasteiger partial charge in [0.15, 0.2) is 0 Å². The Balaban J connectivity index is 2.25. The van der Waals surface area contributed by atoms with Crippen LogP contribution in [0.15, 0.2) is 0 Å². The monoisotopic (exact) mass is 173 g/mol. The average molecular weight is 173 g/mol. The van der Waals surface area contributed by atoms with Gasteiger partial charge in [0.1, 0.15) is 0 Å². The molecule has 0 radical (unpaired) electrons. The molecule has 2 unspecified atom stereocenters. The fourth-order valence-corrected chi connectivity index (χ4v) is 3.06. The Bertz CT molecular complexity index is 93.7. The van der Waals surface area contributed by atoms with Crippen LogP contribution in [0.5, 0.6) is 0 Å². The van der Waals surface area contributed by atoms with Gasteiger partial charge in [-0.1, -0.05) is 20.3 Å². The van der Waals surface area contributed by atoms with Gasteiger partial charge in [0, 0.05) is 11.3 Å². The van der Waals surface area contributed by atoms with Crippen molar-refractivity contribution in [3.63, 3.8) is 0 Å². The minimum absolute atomic E-state index is 0.810. The van der Waals surface area contributed by atoms with Crippen molar-refractivity contribution in [2.75, 3.05) is 12.3 Å². The highest BCUT2D eigenvalue weighted by atomic mass is 32.2. The Morgan fingerprint density at radius 2 is 2.18 bits per heavy atom. The summed E-state index contributed by atoms with van der Waals surface area (Å²) >= 11 is 2.12. The van der Waals surface area contributed by atoms with Crippen LogP contribution in [0.2, 0.25) is 0 Å². The van der Waals surface area contributed by atoms with E-state index in [9.17, 15) is 0 Å². The minimum Gasteiger partial charge on any atom is -0.313 e. The minimum atomic E-state index is 0.810. The van der Waals surface area contributed by atoms with E-state index in [0.29, 0.717) is 0 Å². The summed E-state index contributed by atoms with van der Waals surface area (Å²) < 4.78 is 0. The van der Waals surface area contributed by atoms with E-state index in [1.165, 1.54) is 25.0 Å². The van der Waals surface area contributed by atoms with Crippen molar-refractivity contribution in [1.29, 1.82) is 0 Å². The van der Waals surface area contributed by atoms with Crippen molar-refractivity contribution in [3.05, 3.63) is 0 Å². The summed E-state index contributed by atoms with van der Waals surface area (Å²) in [4.78, 5) is 0. The van der Waals surface area contributed by atoms with Crippen molar-refractivity contribution >= 4 is 11.8 Å². The van der Waals surface area contributed by atoms with E-state index >= 15 is 0 Å². The van der Waals surface area contributed by atoms with Crippen LogP contribution in [0.4, 0.5) is 0 Å². The van der Waals surface area contributed by atoms with Gasteiger partial charge in [-0.2, -0.15) is 11.8 Å². The smallest absolute Gasteiger partial charge is 0.0201 e. The second kappa shape index (κ2) is 5.04. The standard InChI is InChI=1S/C9H19NS/c1-3-10-8-6-5-7-9(8)11-4-2/h8-10H,3-7H2,1-2H3. The first-order valence-corrected chi connectivity index (χ1v) is 5.78. The first kappa shape index (κ1) is 9.40. The number of thioether (sulfide) groups is 1. The highest BCUT2D eigenvalue weighted by molar-refractivity contribution is 7.99. The molecule has 0 heterocycles. The van der Waals surface area contributed by atoms with E-state index in [2.05, 4.69) is 30.9 Å². The van der Waals surface area contributed by atoms with Gasteiger partial charge in [0.2, 0.25) is 0 Å². The lowest BCUT2D eigenvalue weighted by molar-refractivity contribution is 0.551. The molecule has 0 aromatic heterocycles. The number of rotatable bonds is 4. The largest absolute Gasteiger partial charge is 0.313 e. The van der Waals surface area contributed by atoms with Crippen LogP contribution in [0, 0.1) is 0 Å². The molecule has 1 aliphatic carbocycles. The summed E-state index contributed by atoms with van der Waals surface area (Å²) in [6.45, 7) is 5.59. The molecule has 11 heavy (non-hydrogen) atoms. The molecule has 66 valence electrons. The van der Waals surface area contributed by atoms with E-state index in [-0.39, 0.29) is 0 Å². The predicted molar refractivity (Wildman–Crippen MR) is 53.2 cm³/mol. The number of hydrogen-bond donors (Lipinski definition) is 1. The van der Waals surface area contributed by atoms with Gasteiger partial charge in [-0.05, 0) is 25.1 Å². The Morgan fingerprint density at radius 1 is 1.36 bits per heavy atom. The molecule has 0 saturated heterocycles. The summed E-state index contributed by atoms with van der Waals surface area (Å²) in [5, 5.41) is 4.46. The normalized spacial score (nSPS) is 31.1. The maximum atomic E-state index is 3.56. The topological polar surface area (TPSA) is 12.0 Å². The van der Waals surface area contributed by atoms with Gasteiger partial charge in [-0.15, -0.1) is 0 Å². The molecule has 0 aromatic carbocycles. The lowest BCUT2D eigenvalue weighted by Crippen LogP contribution is -2.33. The van der Waals surface area contributed by atoms with Crippen LogP contribution in [0.3, 0.4) is 0 Å². The summed E-state index contributed by atoms with van der Waals surface area (Å²) in [6, 6.07) is 0.810. The first-order valence-electron chi connectivity index (χ1n) is 4.73. The van der Waals surface area contributed by atoms with E-state index in [4.69, 9.17) is 0 Å². The van der Waals surface area contributed by atoms with E-state index in [1.807, 2.05) is 0 Å². The van der Waals surface area contributed by atoms with Crippen LogP contribution in [0.25, 0.3) is 0 Å². The third-order valence-corrected chi connectivity index (χ3v) is 3.63. The fraction of sp³-hybridized carbons (Fsp3) is 1.00. The predicted octanol–water partition coefficient (Wildman–Crippen LogP) is 2.27. The molecule has 1 saturated carbocycles. The van der Waals surface area contributed by atoms with Crippen LogP contribution in [-0.4, -0.2) is 23.6 Å². The van der Waals surface area contributed by atoms with Gasteiger partial charge in [0.05, 0.1) is 0 Å². The zero-order valence-electron chi connectivity index (χ0n) is 7.60. The van der Waals surface area contributed by atoms with Crippen molar-refractivity contribution < 1.29 is 0 Å².